The van der Waals surface area contributed by atoms with E-state index in [0.29, 0.717) is 13.2 Å². The molecule has 0 spiro atoms. The van der Waals surface area contributed by atoms with E-state index in [-0.39, 0.29) is 23.7 Å². The van der Waals surface area contributed by atoms with E-state index in [4.69, 9.17) is 18.8 Å². The zero-order chi connectivity index (χ0) is 13.1. The van der Waals surface area contributed by atoms with Crippen molar-refractivity contribution in [2.75, 3.05) is 13.2 Å². The molecule has 7 heteroatoms. The van der Waals surface area contributed by atoms with Gasteiger partial charge < -0.3 is 9.16 Å². The summed E-state index contributed by atoms with van der Waals surface area (Å²) in [6.45, 7) is 8.78. The molecule has 3 saturated heterocycles. The lowest BCUT2D eigenvalue weighted by atomic mass is 9.88. The Morgan fingerprint density at radius 3 is 2.94 bits per heavy atom. The van der Waals surface area contributed by atoms with Gasteiger partial charge in [-0.1, -0.05) is 0 Å². The lowest BCUT2D eigenvalue weighted by molar-refractivity contribution is -0.353. The molecule has 102 valence electrons. The molecular formula is C11H19NO5Si. The lowest BCUT2D eigenvalue weighted by Gasteiger charge is -2.28. The fourth-order valence-corrected chi connectivity index (χ4v) is 6.51. The summed E-state index contributed by atoms with van der Waals surface area (Å²) in [6, 6.07) is 0. The van der Waals surface area contributed by atoms with Crippen molar-refractivity contribution in [3.63, 3.8) is 0 Å². The van der Waals surface area contributed by atoms with E-state index >= 15 is 0 Å². The van der Waals surface area contributed by atoms with E-state index in [1.165, 1.54) is 5.23 Å². The summed E-state index contributed by atoms with van der Waals surface area (Å²) in [6.07, 6.45) is -0.475. The van der Waals surface area contributed by atoms with Gasteiger partial charge in [-0.2, -0.15) is 0 Å². The SMILES string of the molecule is CCOC(=O)[C@]12[C@@H]3O[Si](C)(C)[C@H]1CON2O[C@H]3C. The topological polar surface area (TPSA) is 57.2 Å². The van der Waals surface area contributed by atoms with Crippen molar-refractivity contribution in [1.82, 2.24) is 5.23 Å². The predicted octanol–water partition coefficient (Wildman–Crippen LogP) is 0.843. The van der Waals surface area contributed by atoms with E-state index in [1.54, 1.807) is 6.92 Å². The van der Waals surface area contributed by atoms with Crippen molar-refractivity contribution in [3.05, 3.63) is 0 Å². The van der Waals surface area contributed by atoms with Crippen molar-refractivity contribution in [1.29, 1.82) is 0 Å². The van der Waals surface area contributed by atoms with Crippen LogP contribution in [0.1, 0.15) is 13.8 Å². The number of hydroxylamine groups is 2. The summed E-state index contributed by atoms with van der Waals surface area (Å²) in [7, 11) is -1.98. The molecule has 6 nitrogen and oxygen atoms in total. The first-order valence-electron chi connectivity index (χ1n) is 6.39. The van der Waals surface area contributed by atoms with Crippen molar-refractivity contribution in [3.8, 4) is 0 Å². The van der Waals surface area contributed by atoms with Gasteiger partial charge in [-0.3, -0.25) is 9.68 Å². The Morgan fingerprint density at radius 1 is 1.56 bits per heavy atom. The second kappa shape index (κ2) is 3.77. The molecular weight excluding hydrogens is 254 g/mol. The standard InChI is InChI=1S/C11H19NO5Si/c1-5-14-10(13)11-8-6-15-12(11)16-7(2)9(11)17-18(8,3)4/h7-9H,5-6H2,1-4H3/t7-,8-,9+,11+/m0/s1. The molecule has 3 heterocycles. The van der Waals surface area contributed by atoms with Gasteiger partial charge in [-0.15, -0.1) is 0 Å². The van der Waals surface area contributed by atoms with Gasteiger partial charge >= 0.3 is 5.97 Å². The Balaban J connectivity index is 2.06. The molecule has 4 atom stereocenters. The molecule has 0 bridgehead atoms. The molecule has 0 aromatic heterocycles. The minimum atomic E-state index is -1.98. The maximum atomic E-state index is 12.5. The number of hydrogen-bond acceptors (Lipinski definition) is 6. The molecule has 3 aliphatic heterocycles. The quantitative estimate of drug-likeness (QED) is 0.549. The number of nitrogens with zero attached hydrogens (tertiary/aromatic N) is 1. The Labute approximate surface area is 107 Å². The summed E-state index contributed by atoms with van der Waals surface area (Å²) in [5.74, 6) is -0.278. The first-order valence-corrected chi connectivity index (χ1v) is 9.38. The molecule has 0 saturated carbocycles. The van der Waals surface area contributed by atoms with E-state index in [9.17, 15) is 4.79 Å². The summed E-state index contributed by atoms with van der Waals surface area (Å²) in [4.78, 5) is 23.6. The Bertz CT molecular complexity index is 390. The molecule has 0 radical (unpaired) electrons. The fraction of sp³-hybridized carbons (Fsp3) is 0.909. The molecule has 0 aromatic rings. The molecule has 3 rings (SSSR count). The minimum absolute atomic E-state index is 0.0546. The van der Waals surface area contributed by atoms with Crippen molar-refractivity contribution < 1.29 is 23.6 Å². The smallest absolute Gasteiger partial charge is 0.334 e. The van der Waals surface area contributed by atoms with E-state index in [2.05, 4.69) is 13.1 Å². The van der Waals surface area contributed by atoms with Gasteiger partial charge in [0.15, 0.2) is 8.32 Å². The first kappa shape index (κ1) is 12.6. The minimum Gasteiger partial charge on any atom is -0.464 e. The van der Waals surface area contributed by atoms with Crippen LogP contribution in [0.4, 0.5) is 0 Å². The number of hydrogen-bond donors (Lipinski definition) is 0. The van der Waals surface area contributed by atoms with Crippen molar-refractivity contribution >= 4 is 14.3 Å². The van der Waals surface area contributed by atoms with Crippen LogP contribution in [-0.2, 0) is 23.6 Å². The second-order valence-electron chi connectivity index (χ2n) is 5.60. The van der Waals surface area contributed by atoms with Crippen LogP contribution in [0.3, 0.4) is 0 Å². The summed E-state index contributed by atoms with van der Waals surface area (Å²) >= 11 is 0. The van der Waals surface area contributed by atoms with Crippen LogP contribution in [0.5, 0.6) is 0 Å². The van der Waals surface area contributed by atoms with Crippen LogP contribution in [-0.4, -0.2) is 50.5 Å². The van der Waals surface area contributed by atoms with Crippen molar-refractivity contribution in [2.24, 2.45) is 0 Å². The molecule has 0 aromatic carbocycles. The zero-order valence-electron chi connectivity index (χ0n) is 11.1. The van der Waals surface area contributed by atoms with Crippen LogP contribution in [0.2, 0.25) is 18.6 Å². The average molecular weight is 273 g/mol. The van der Waals surface area contributed by atoms with Gasteiger partial charge in [0.05, 0.1) is 13.2 Å². The highest BCUT2D eigenvalue weighted by molar-refractivity contribution is 6.74. The number of esters is 1. The van der Waals surface area contributed by atoms with Gasteiger partial charge in [0.1, 0.15) is 12.2 Å². The van der Waals surface area contributed by atoms with Crippen LogP contribution in [0, 0.1) is 0 Å². The monoisotopic (exact) mass is 273 g/mol. The van der Waals surface area contributed by atoms with Gasteiger partial charge in [0, 0.05) is 5.54 Å². The van der Waals surface area contributed by atoms with E-state index in [1.807, 2.05) is 6.92 Å². The van der Waals surface area contributed by atoms with Gasteiger partial charge in [-0.05, 0) is 32.2 Å². The Kier molecular flexibility index (Phi) is 2.63. The van der Waals surface area contributed by atoms with Crippen LogP contribution < -0.4 is 0 Å². The molecule has 3 fully saturated rings. The normalized spacial score (nSPS) is 45.2. The zero-order valence-corrected chi connectivity index (χ0v) is 12.1. The van der Waals surface area contributed by atoms with E-state index < -0.39 is 13.9 Å². The second-order valence-corrected chi connectivity index (χ2v) is 9.74. The maximum Gasteiger partial charge on any atom is 0.334 e. The summed E-state index contributed by atoms with van der Waals surface area (Å²) < 4.78 is 11.4. The van der Waals surface area contributed by atoms with E-state index in [0.717, 1.165) is 0 Å². The summed E-state index contributed by atoms with van der Waals surface area (Å²) in [5, 5.41) is 1.35. The third-order valence-corrected chi connectivity index (χ3v) is 7.33. The highest BCUT2D eigenvalue weighted by Crippen LogP contribution is 2.58. The fourth-order valence-electron chi connectivity index (χ4n) is 3.39. The highest BCUT2D eigenvalue weighted by atomic mass is 28.4. The Morgan fingerprint density at radius 2 is 2.28 bits per heavy atom. The number of rotatable bonds is 2. The highest BCUT2D eigenvalue weighted by Gasteiger charge is 2.78. The average Bonchev–Trinajstić information content (AvgIpc) is 2.84. The maximum absolute atomic E-state index is 12.5. The molecule has 0 N–H and O–H groups in total. The molecule has 0 amide bonds. The van der Waals surface area contributed by atoms with Gasteiger partial charge in [-0.25, -0.2) is 4.79 Å². The third-order valence-electron chi connectivity index (χ3n) is 4.19. The number of ether oxygens (including phenoxy) is 1. The van der Waals surface area contributed by atoms with Crippen LogP contribution in [0.15, 0.2) is 0 Å². The predicted molar refractivity (Wildman–Crippen MR) is 63.8 cm³/mol. The number of carbonyl (C=O) groups is 1. The summed E-state index contributed by atoms with van der Waals surface area (Å²) in [5.41, 5.74) is -0.829. The largest absolute Gasteiger partial charge is 0.464 e. The lowest BCUT2D eigenvalue weighted by Crippen LogP contribution is -2.54. The number of carbonyl (C=O) groups excluding carboxylic acids is 1. The molecule has 3 aliphatic rings. The first-order chi connectivity index (χ1) is 8.44. The van der Waals surface area contributed by atoms with Crippen LogP contribution in [0.25, 0.3) is 0 Å². The molecule has 0 aliphatic carbocycles. The van der Waals surface area contributed by atoms with Crippen molar-refractivity contribution in [2.45, 2.75) is 50.2 Å². The molecule has 0 unspecified atom stereocenters. The van der Waals surface area contributed by atoms with Gasteiger partial charge in [0.2, 0.25) is 5.54 Å². The Hall–Kier alpha value is -0.473. The molecule has 18 heavy (non-hydrogen) atoms. The third kappa shape index (κ3) is 1.28. The van der Waals surface area contributed by atoms with Crippen LogP contribution >= 0.6 is 0 Å². The van der Waals surface area contributed by atoms with Gasteiger partial charge in [0.25, 0.3) is 0 Å².